The lowest BCUT2D eigenvalue weighted by Crippen LogP contribution is -2.25. The molecule has 250 valence electrons. The highest BCUT2D eigenvalue weighted by molar-refractivity contribution is 7.93. The van der Waals surface area contributed by atoms with E-state index in [2.05, 4.69) is 53.1 Å². The van der Waals surface area contributed by atoms with Gasteiger partial charge in [-0.25, -0.2) is 17.6 Å². The van der Waals surface area contributed by atoms with E-state index < -0.39 is 13.8 Å². The summed E-state index contributed by atoms with van der Waals surface area (Å²) in [6, 6.07) is 48.4. The number of hydrogen-bond acceptors (Lipinski definition) is 0. The highest BCUT2D eigenvalue weighted by Gasteiger charge is 2.27. The van der Waals surface area contributed by atoms with Crippen molar-refractivity contribution in [2.75, 3.05) is 0 Å². The van der Waals surface area contributed by atoms with Crippen LogP contribution in [-0.2, 0) is 0 Å². The van der Waals surface area contributed by atoms with E-state index in [1.165, 1.54) is 48.5 Å². The van der Waals surface area contributed by atoms with Crippen molar-refractivity contribution in [2.24, 2.45) is 0 Å². The molecule has 1 aromatic heterocycles. The Balaban J connectivity index is 1.42. The Morgan fingerprint density at radius 1 is 0.353 bits per heavy atom. The van der Waals surface area contributed by atoms with E-state index in [1.807, 2.05) is 18.2 Å². The molecule has 0 fully saturated rings. The van der Waals surface area contributed by atoms with E-state index in [0.29, 0.717) is 0 Å². The molecule has 0 spiro atoms. The first-order valence-electron chi connectivity index (χ1n) is 16.3. The van der Waals surface area contributed by atoms with Gasteiger partial charge in [0.2, 0.25) is 0 Å². The largest absolute Gasteiger partial charge is 0.309 e. The van der Waals surface area contributed by atoms with Crippen molar-refractivity contribution in [1.82, 2.24) is 4.57 Å². The summed E-state index contributed by atoms with van der Waals surface area (Å²) in [7, 11) is 0. The van der Waals surface area contributed by atoms with Gasteiger partial charge in [-0.1, -0.05) is 104 Å². The fourth-order valence-electron chi connectivity index (χ4n) is 7.00. The molecule has 0 unspecified atom stereocenters. The minimum atomic E-state index is -2.61. The number of hydrogen-bond donors (Lipinski definition) is 0. The number of benzene rings is 7. The van der Waals surface area contributed by atoms with Crippen LogP contribution in [0.1, 0.15) is 0 Å². The zero-order valence-corrected chi connectivity index (χ0v) is 29.1. The second-order valence-corrected chi connectivity index (χ2v) is 18.9. The molecule has 0 N–H and O–H groups in total. The van der Waals surface area contributed by atoms with Gasteiger partial charge in [0.15, 0.2) is 0 Å². The molecule has 0 aliphatic rings. The van der Waals surface area contributed by atoms with Crippen LogP contribution in [0.2, 0.25) is 0 Å². The van der Waals surface area contributed by atoms with Crippen molar-refractivity contribution in [2.45, 2.75) is 0 Å². The maximum atomic E-state index is 14.2. The van der Waals surface area contributed by atoms with Crippen LogP contribution in [0, 0.1) is 23.3 Å². The van der Waals surface area contributed by atoms with Crippen LogP contribution in [0.3, 0.4) is 0 Å². The molecule has 0 bridgehead atoms. The molecule has 8 rings (SSSR count). The van der Waals surface area contributed by atoms with Gasteiger partial charge in [0.25, 0.3) is 0 Å². The summed E-state index contributed by atoms with van der Waals surface area (Å²) in [5.74, 6) is -1.37. The second kappa shape index (κ2) is 12.8. The molecular formula is C44H31F4NP2. The number of aromatic nitrogens is 1. The van der Waals surface area contributed by atoms with Crippen molar-refractivity contribution >= 4 is 80.0 Å². The Kier molecular flexibility index (Phi) is 8.22. The molecule has 7 aromatic carbocycles. The fourth-order valence-corrected chi connectivity index (χ4v) is 12.8. The van der Waals surface area contributed by atoms with Gasteiger partial charge in [-0.2, -0.15) is 0 Å². The summed E-state index contributed by atoms with van der Waals surface area (Å²) in [6.45, 7) is -5.22. The van der Waals surface area contributed by atoms with Gasteiger partial charge < -0.3 is 4.57 Å². The zero-order valence-electron chi connectivity index (χ0n) is 27.4. The van der Waals surface area contributed by atoms with Crippen molar-refractivity contribution in [1.29, 1.82) is 0 Å². The minimum Gasteiger partial charge on any atom is -0.309 e. The molecule has 0 saturated carbocycles. The molecular weight excluding hydrogens is 680 g/mol. The Labute approximate surface area is 294 Å². The predicted molar refractivity (Wildman–Crippen MR) is 212 cm³/mol. The van der Waals surface area contributed by atoms with E-state index in [-0.39, 0.29) is 23.3 Å². The molecule has 0 amide bonds. The Bertz CT molecular complexity index is 2380. The lowest BCUT2D eigenvalue weighted by atomic mass is 10.1. The van der Waals surface area contributed by atoms with Gasteiger partial charge in [-0.05, 0) is 118 Å². The van der Waals surface area contributed by atoms with Crippen LogP contribution in [0.5, 0.6) is 0 Å². The average Bonchev–Trinajstić information content (AvgIpc) is 3.48. The lowest BCUT2D eigenvalue weighted by molar-refractivity contribution is 0.628. The smallest absolute Gasteiger partial charge is 0.123 e. The summed E-state index contributed by atoms with van der Waals surface area (Å²) < 4.78 is 58.9. The van der Waals surface area contributed by atoms with Crippen LogP contribution < -0.4 is 31.8 Å². The maximum absolute atomic E-state index is 14.2. The van der Waals surface area contributed by atoms with Crippen LogP contribution in [0.25, 0.3) is 27.5 Å². The highest BCUT2D eigenvalue weighted by Crippen LogP contribution is 2.46. The Hall–Kier alpha value is -5.34. The molecule has 51 heavy (non-hydrogen) atoms. The monoisotopic (exact) mass is 711 g/mol. The molecule has 0 atom stereocenters. The van der Waals surface area contributed by atoms with Crippen LogP contribution in [0.15, 0.2) is 164 Å². The number of para-hydroxylation sites is 1. The van der Waals surface area contributed by atoms with Gasteiger partial charge in [0.05, 0.1) is 11.0 Å². The van der Waals surface area contributed by atoms with Crippen LogP contribution in [-0.4, -0.2) is 17.2 Å². The third-order valence-electron chi connectivity index (χ3n) is 9.70. The Morgan fingerprint density at radius 2 is 0.647 bits per heavy atom. The number of fused-ring (bicyclic) bond motifs is 3. The lowest BCUT2D eigenvalue weighted by Gasteiger charge is -2.27. The first-order valence-corrected chi connectivity index (χ1v) is 20.3. The van der Waals surface area contributed by atoms with Gasteiger partial charge >= 0.3 is 0 Å². The SMILES string of the molecule is C=P(c1ccc(F)cc1)(c1ccc(F)cc1)c1ccc2c3ccc(P(=C)(c4ccc(F)cc4)c4ccc(F)cc4)cc3n(-c3ccccc3)c2c1. The average molecular weight is 712 g/mol. The van der Waals surface area contributed by atoms with Crippen molar-refractivity contribution in [3.8, 4) is 5.69 Å². The summed E-state index contributed by atoms with van der Waals surface area (Å²) in [6.07, 6.45) is 9.66. The third kappa shape index (κ3) is 5.58. The molecule has 1 heterocycles. The van der Waals surface area contributed by atoms with Crippen molar-refractivity contribution < 1.29 is 17.6 Å². The van der Waals surface area contributed by atoms with Gasteiger partial charge in [0, 0.05) is 16.5 Å². The van der Waals surface area contributed by atoms with Gasteiger partial charge in [-0.3, -0.25) is 0 Å². The summed E-state index contributed by atoms with van der Waals surface area (Å²) >= 11 is 0. The molecule has 7 heteroatoms. The van der Waals surface area contributed by atoms with E-state index >= 15 is 0 Å². The number of nitrogens with zero attached hydrogens (tertiary/aromatic N) is 1. The minimum absolute atomic E-state index is 0.342. The summed E-state index contributed by atoms with van der Waals surface area (Å²) in [4.78, 5) is 0. The van der Waals surface area contributed by atoms with Gasteiger partial charge in [-0.15, -0.1) is 0 Å². The number of halogens is 4. The maximum Gasteiger partial charge on any atom is 0.123 e. The van der Waals surface area contributed by atoms with Crippen molar-refractivity contribution in [3.63, 3.8) is 0 Å². The standard InChI is InChI=1S/C44H31F4NP2/c1-50(35-16-8-30(45)9-17-35,36-18-10-31(46)11-19-36)39-24-26-41-42-27-25-40(29-44(42)49(43(41)28-39)34-6-4-3-5-7-34)51(2,37-20-12-32(47)13-21-37)38-22-14-33(48)15-23-38/h3-29H,1-2H2. The van der Waals surface area contributed by atoms with E-state index in [1.54, 1.807) is 48.5 Å². The molecule has 0 saturated heterocycles. The van der Waals surface area contributed by atoms with Crippen molar-refractivity contribution in [3.05, 3.63) is 187 Å². The quantitative estimate of drug-likeness (QED) is 0.115. The van der Waals surface area contributed by atoms with Crippen LogP contribution >= 0.6 is 13.8 Å². The molecule has 0 aliphatic carbocycles. The third-order valence-corrected chi connectivity index (χ3v) is 16.7. The Morgan fingerprint density at radius 3 is 0.961 bits per heavy atom. The van der Waals surface area contributed by atoms with Crippen LogP contribution in [0.4, 0.5) is 17.6 Å². The van der Waals surface area contributed by atoms with Gasteiger partial charge in [0.1, 0.15) is 23.3 Å². The molecule has 8 aromatic rings. The molecule has 0 aliphatic heterocycles. The number of rotatable bonds is 7. The first-order chi connectivity index (χ1) is 24.7. The zero-order chi connectivity index (χ0) is 35.3. The topological polar surface area (TPSA) is 4.93 Å². The molecule has 1 nitrogen and oxygen atoms in total. The first kappa shape index (κ1) is 32.8. The fraction of sp³-hybridized carbons (Fsp3) is 0. The second-order valence-electron chi connectivity index (χ2n) is 12.6. The van der Waals surface area contributed by atoms with E-state index in [9.17, 15) is 17.6 Å². The summed E-state index contributed by atoms with van der Waals surface area (Å²) in [5.41, 5.74) is 2.83. The normalized spacial score (nSPS) is 12.1. The molecule has 0 radical (unpaired) electrons. The predicted octanol–water partition coefficient (Wildman–Crippen LogP) is 8.79. The summed E-state index contributed by atoms with van der Waals surface area (Å²) in [5, 5.41) is 7.40. The highest BCUT2D eigenvalue weighted by atomic mass is 31.2. The van der Waals surface area contributed by atoms with E-state index in [0.717, 1.165) is 59.3 Å². The van der Waals surface area contributed by atoms with E-state index in [4.69, 9.17) is 12.6 Å².